The highest BCUT2D eigenvalue weighted by Gasteiger charge is 2.40. The molecule has 0 amide bonds. The molecular weight excluding hydrogens is 378 g/mol. The molecule has 2 aromatic carbocycles. The first kappa shape index (κ1) is 18.7. The zero-order valence-electron chi connectivity index (χ0n) is 17.3. The van der Waals surface area contributed by atoms with E-state index < -0.39 is 5.41 Å². The maximum atomic E-state index is 13.6. The number of methoxy groups -OCH3 is 1. The SMILES string of the molecule is COc1cc2c(cc1N1CCOCC1)C(C)(C)c1[nH]c3cc(C#N)ccc3c1C2=O. The summed E-state index contributed by atoms with van der Waals surface area (Å²) in [7, 11) is 1.64. The zero-order valence-corrected chi connectivity index (χ0v) is 17.3. The molecule has 6 heteroatoms. The van der Waals surface area contributed by atoms with Crippen LogP contribution in [-0.4, -0.2) is 44.2 Å². The van der Waals surface area contributed by atoms with Crippen molar-refractivity contribution in [3.05, 3.63) is 58.3 Å². The summed E-state index contributed by atoms with van der Waals surface area (Å²) >= 11 is 0. The standard InChI is InChI=1S/C24H23N3O3/c1-24(2)17-12-19(27-6-8-30-9-7-27)20(29-3)11-16(17)22(28)21-15-5-4-14(13-25)10-18(15)26-23(21)24/h4-5,10-12,26H,6-9H2,1-3H3. The van der Waals surface area contributed by atoms with Gasteiger partial charge in [0.05, 0.1) is 43.2 Å². The molecule has 152 valence electrons. The highest BCUT2D eigenvalue weighted by Crippen LogP contribution is 2.47. The van der Waals surface area contributed by atoms with Crippen LogP contribution in [0.15, 0.2) is 30.3 Å². The number of nitrogens with zero attached hydrogens (tertiary/aromatic N) is 2. The number of nitriles is 1. The molecule has 1 aromatic heterocycles. The van der Waals surface area contributed by atoms with Gasteiger partial charge in [-0.15, -0.1) is 0 Å². The number of carbonyl (C=O) groups is 1. The van der Waals surface area contributed by atoms with E-state index in [1.807, 2.05) is 12.1 Å². The Bertz CT molecular complexity index is 1230. The molecule has 0 saturated carbocycles. The van der Waals surface area contributed by atoms with Crippen LogP contribution in [0.25, 0.3) is 10.9 Å². The largest absolute Gasteiger partial charge is 0.495 e. The van der Waals surface area contributed by atoms with E-state index in [1.165, 1.54) is 0 Å². The fourth-order valence-electron chi connectivity index (χ4n) is 4.73. The fourth-order valence-corrected chi connectivity index (χ4v) is 4.73. The van der Waals surface area contributed by atoms with Gasteiger partial charge in [0, 0.05) is 40.7 Å². The smallest absolute Gasteiger partial charge is 0.195 e. The van der Waals surface area contributed by atoms with E-state index in [0.29, 0.717) is 35.7 Å². The second-order valence-corrected chi connectivity index (χ2v) is 8.37. The lowest BCUT2D eigenvalue weighted by atomic mass is 9.71. The number of morpholine rings is 1. The van der Waals surface area contributed by atoms with Gasteiger partial charge >= 0.3 is 0 Å². The summed E-state index contributed by atoms with van der Waals surface area (Å²) in [6.45, 7) is 7.20. The Morgan fingerprint density at radius 3 is 2.67 bits per heavy atom. The third-order valence-corrected chi connectivity index (χ3v) is 6.37. The number of aromatic amines is 1. The van der Waals surface area contributed by atoms with E-state index in [1.54, 1.807) is 19.2 Å². The van der Waals surface area contributed by atoms with Gasteiger partial charge in [-0.1, -0.05) is 19.9 Å². The zero-order chi connectivity index (χ0) is 21.0. The Balaban J connectivity index is 1.73. The number of carbonyl (C=O) groups excluding carboxylic acids is 1. The molecule has 0 unspecified atom stereocenters. The minimum absolute atomic E-state index is 0.0119. The Kier molecular flexibility index (Phi) is 4.12. The van der Waals surface area contributed by atoms with Crippen LogP contribution in [-0.2, 0) is 10.2 Å². The van der Waals surface area contributed by atoms with Crippen LogP contribution in [0.1, 0.15) is 46.6 Å². The highest BCUT2D eigenvalue weighted by molar-refractivity contribution is 6.20. The topological polar surface area (TPSA) is 78.3 Å². The molecule has 3 aromatic rings. The average molecular weight is 401 g/mol. The monoisotopic (exact) mass is 401 g/mol. The quantitative estimate of drug-likeness (QED) is 0.707. The van der Waals surface area contributed by atoms with Gasteiger partial charge in [0.1, 0.15) is 5.75 Å². The van der Waals surface area contributed by atoms with E-state index in [0.717, 1.165) is 40.9 Å². The molecule has 2 aliphatic rings. The predicted molar refractivity (Wildman–Crippen MR) is 115 cm³/mol. The fraction of sp³-hybridized carbons (Fsp3) is 0.333. The molecule has 1 saturated heterocycles. The van der Waals surface area contributed by atoms with Crippen molar-refractivity contribution in [3.8, 4) is 11.8 Å². The van der Waals surface area contributed by atoms with Gasteiger partial charge in [0.15, 0.2) is 5.78 Å². The Morgan fingerprint density at radius 2 is 1.97 bits per heavy atom. The Hall–Kier alpha value is -3.30. The van der Waals surface area contributed by atoms with Gasteiger partial charge in [-0.05, 0) is 29.8 Å². The van der Waals surface area contributed by atoms with Gasteiger partial charge in [-0.25, -0.2) is 0 Å². The van der Waals surface area contributed by atoms with Crippen LogP contribution in [0.2, 0.25) is 0 Å². The minimum Gasteiger partial charge on any atom is -0.495 e. The molecular formula is C24H23N3O3. The molecule has 0 bridgehead atoms. The molecule has 1 aliphatic heterocycles. The number of anilines is 1. The molecule has 0 spiro atoms. The number of ketones is 1. The first-order valence-corrected chi connectivity index (χ1v) is 10.1. The Morgan fingerprint density at radius 1 is 1.20 bits per heavy atom. The lowest BCUT2D eigenvalue weighted by Gasteiger charge is -2.36. The van der Waals surface area contributed by atoms with Crippen molar-refractivity contribution in [2.75, 3.05) is 38.3 Å². The van der Waals surface area contributed by atoms with Crippen LogP contribution in [0, 0.1) is 11.3 Å². The van der Waals surface area contributed by atoms with Crippen molar-refractivity contribution in [2.24, 2.45) is 0 Å². The number of fused-ring (bicyclic) bond motifs is 4. The number of benzene rings is 2. The minimum atomic E-state index is -0.405. The van der Waals surface area contributed by atoms with Crippen molar-refractivity contribution in [1.82, 2.24) is 4.98 Å². The maximum Gasteiger partial charge on any atom is 0.195 e. The van der Waals surface area contributed by atoms with Gasteiger partial charge in [0.2, 0.25) is 0 Å². The second kappa shape index (κ2) is 6.61. The van der Waals surface area contributed by atoms with E-state index >= 15 is 0 Å². The normalized spacial score (nSPS) is 17.4. The van der Waals surface area contributed by atoms with E-state index in [4.69, 9.17) is 9.47 Å². The van der Waals surface area contributed by atoms with Crippen LogP contribution >= 0.6 is 0 Å². The Labute approximate surface area is 175 Å². The van der Waals surface area contributed by atoms with Crippen LogP contribution < -0.4 is 9.64 Å². The number of ether oxygens (including phenoxy) is 2. The number of nitrogens with one attached hydrogen (secondary N) is 1. The number of H-pyrrole nitrogens is 1. The van der Waals surface area contributed by atoms with E-state index in [-0.39, 0.29) is 5.78 Å². The first-order valence-electron chi connectivity index (χ1n) is 10.1. The molecule has 30 heavy (non-hydrogen) atoms. The number of hydrogen-bond acceptors (Lipinski definition) is 5. The van der Waals surface area contributed by atoms with Gasteiger partial charge < -0.3 is 19.4 Å². The molecule has 6 nitrogen and oxygen atoms in total. The predicted octanol–water partition coefficient (Wildman–Crippen LogP) is 3.76. The molecule has 1 N–H and O–H groups in total. The van der Waals surface area contributed by atoms with Crippen LogP contribution in [0.3, 0.4) is 0 Å². The summed E-state index contributed by atoms with van der Waals surface area (Å²) in [5, 5.41) is 10.1. The molecule has 0 atom stereocenters. The van der Waals surface area contributed by atoms with Crippen molar-refractivity contribution in [2.45, 2.75) is 19.3 Å². The summed E-state index contributed by atoms with van der Waals surface area (Å²) in [5.74, 6) is 0.692. The third-order valence-electron chi connectivity index (χ3n) is 6.37. The first-order chi connectivity index (χ1) is 14.5. The summed E-state index contributed by atoms with van der Waals surface area (Å²) in [5.41, 5.74) is 5.20. The molecule has 2 heterocycles. The van der Waals surface area contributed by atoms with Gasteiger partial charge in [-0.3, -0.25) is 4.79 Å². The average Bonchev–Trinajstić information content (AvgIpc) is 3.17. The van der Waals surface area contributed by atoms with Gasteiger partial charge in [0.25, 0.3) is 0 Å². The number of hydrogen-bond donors (Lipinski definition) is 1. The van der Waals surface area contributed by atoms with Gasteiger partial charge in [-0.2, -0.15) is 5.26 Å². The molecule has 0 radical (unpaired) electrons. The summed E-state index contributed by atoms with van der Waals surface area (Å²) < 4.78 is 11.2. The lowest BCUT2D eigenvalue weighted by molar-refractivity contribution is 0.103. The second-order valence-electron chi connectivity index (χ2n) is 8.37. The number of rotatable bonds is 2. The van der Waals surface area contributed by atoms with Crippen molar-refractivity contribution < 1.29 is 14.3 Å². The summed E-state index contributed by atoms with van der Waals surface area (Å²) in [6, 6.07) is 11.6. The van der Waals surface area contributed by atoms with Crippen molar-refractivity contribution in [1.29, 1.82) is 5.26 Å². The molecule has 1 aliphatic carbocycles. The van der Waals surface area contributed by atoms with Crippen LogP contribution in [0.4, 0.5) is 5.69 Å². The van der Waals surface area contributed by atoms with Crippen LogP contribution in [0.5, 0.6) is 5.75 Å². The van der Waals surface area contributed by atoms with Crippen molar-refractivity contribution in [3.63, 3.8) is 0 Å². The summed E-state index contributed by atoms with van der Waals surface area (Å²) in [4.78, 5) is 19.3. The number of aromatic nitrogens is 1. The maximum absolute atomic E-state index is 13.6. The third kappa shape index (κ3) is 2.55. The highest BCUT2D eigenvalue weighted by atomic mass is 16.5. The van der Waals surface area contributed by atoms with E-state index in [2.05, 4.69) is 35.9 Å². The van der Waals surface area contributed by atoms with E-state index in [9.17, 15) is 10.1 Å². The molecule has 5 rings (SSSR count). The summed E-state index contributed by atoms with van der Waals surface area (Å²) in [6.07, 6.45) is 0. The lowest BCUT2D eigenvalue weighted by Crippen LogP contribution is -2.37. The molecule has 1 fully saturated rings. The van der Waals surface area contributed by atoms with Crippen molar-refractivity contribution >= 4 is 22.4 Å².